The van der Waals surface area contributed by atoms with Crippen molar-refractivity contribution in [3.05, 3.63) is 29.8 Å². The molecule has 2 aliphatic rings. The zero-order valence-corrected chi connectivity index (χ0v) is 15.9. The number of ether oxygens (including phenoxy) is 2. The maximum Gasteiger partial charge on any atom is 0.251 e. The fourth-order valence-corrected chi connectivity index (χ4v) is 3.74. The fourth-order valence-electron chi connectivity index (χ4n) is 3.74. The van der Waals surface area contributed by atoms with Crippen molar-refractivity contribution in [1.29, 1.82) is 0 Å². The Bertz CT molecular complexity index is 566. The zero-order chi connectivity index (χ0) is 17.0. The molecule has 1 atom stereocenters. The molecular formula is C19H29ClN2O3. The summed E-state index contributed by atoms with van der Waals surface area (Å²) in [5.41, 5.74) is 1.45. The standard InChI is InChI=1S/C19H28N2O3.ClH/c1-15(24-13-16-4-3-5-17(12-16)23-2)18(22)21-10-7-19(8-11-21)6-9-20-14-19;/h3-5,12,15,20H,6-11,13-14H2,1-2H3;1H. The lowest BCUT2D eigenvalue weighted by Crippen LogP contribution is -2.47. The van der Waals surface area contributed by atoms with Crippen LogP contribution < -0.4 is 10.1 Å². The summed E-state index contributed by atoms with van der Waals surface area (Å²) in [5.74, 6) is 0.917. The van der Waals surface area contributed by atoms with E-state index in [1.54, 1.807) is 7.11 Å². The Hall–Kier alpha value is -1.30. The summed E-state index contributed by atoms with van der Waals surface area (Å²) in [6.07, 6.45) is 3.05. The van der Waals surface area contributed by atoms with Gasteiger partial charge < -0.3 is 19.7 Å². The van der Waals surface area contributed by atoms with Crippen molar-refractivity contribution in [1.82, 2.24) is 10.2 Å². The third kappa shape index (κ3) is 4.87. The molecule has 1 spiro atoms. The molecular weight excluding hydrogens is 340 g/mol. The van der Waals surface area contributed by atoms with Gasteiger partial charge >= 0.3 is 0 Å². The van der Waals surface area contributed by atoms with E-state index in [1.807, 2.05) is 36.1 Å². The van der Waals surface area contributed by atoms with Crippen LogP contribution in [-0.4, -0.2) is 50.2 Å². The van der Waals surface area contributed by atoms with Crippen LogP contribution in [0.25, 0.3) is 0 Å². The van der Waals surface area contributed by atoms with Crippen molar-refractivity contribution in [2.45, 2.75) is 38.9 Å². The molecule has 1 aromatic carbocycles. The first-order valence-electron chi connectivity index (χ1n) is 8.86. The molecule has 0 aliphatic carbocycles. The fraction of sp³-hybridized carbons (Fsp3) is 0.632. The van der Waals surface area contributed by atoms with Gasteiger partial charge in [-0.3, -0.25) is 4.79 Å². The Morgan fingerprint density at radius 3 is 2.72 bits per heavy atom. The summed E-state index contributed by atoms with van der Waals surface area (Å²) in [5, 5.41) is 3.46. The number of piperidine rings is 1. The van der Waals surface area contributed by atoms with Crippen LogP contribution in [0.5, 0.6) is 5.75 Å². The molecule has 0 saturated carbocycles. The van der Waals surface area contributed by atoms with E-state index in [0.717, 1.165) is 50.3 Å². The van der Waals surface area contributed by atoms with Crippen molar-refractivity contribution in [3.8, 4) is 5.75 Å². The molecule has 0 bridgehead atoms. The van der Waals surface area contributed by atoms with Gasteiger partial charge in [-0.1, -0.05) is 12.1 Å². The minimum atomic E-state index is -0.410. The highest BCUT2D eigenvalue weighted by molar-refractivity contribution is 5.85. The third-order valence-corrected chi connectivity index (χ3v) is 5.45. The smallest absolute Gasteiger partial charge is 0.251 e. The molecule has 1 amide bonds. The number of nitrogens with zero attached hydrogens (tertiary/aromatic N) is 1. The Balaban J connectivity index is 0.00000225. The number of carbonyl (C=O) groups is 1. The predicted octanol–water partition coefficient (Wildman–Crippen LogP) is 2.62. The van der Waals surface area contributed by atoms with Crippen molar-refractivity contribution in [2.75, 3.05) is 33.3 Å². The van der Waals surface area contributed by atoms with E-state index >= 15 is 0 Å². The molecule has 140 valence electrons. The van der Waals surface area contributed by atoms with Gasteiger partial charge in [0.25, 0.3) is 5.91 Å². The molecule has 5 nitrogen and oxygen atoms in total. The Morgan fingerprint density at radius 2 is 2.08 bits per heavy atom. The zero-order valence-electron chi connectivity index (χ0n) is 15.1. The van der Waals surface area contributed by atoms with Gasteiger partial charge in [0.15, 0.2) is 0 Å². The Morgan fingerprint density at radius 1 is 1.32 bits per heavy atom. The maximum absolute atomic E-state index is 12.6. The van der Waals surface area contributed by atoms with Gasteiger partial charge in [-0.25, -0.2) is 0 Å². The molecule has 1 N–H and O–H groups in total. The van der Waals surface area contributed by atoms with E-state index in [2.05, 4.69) is 5.32 Å². The molecule has 0 radical (unpaired) electrons. The molecule has 2 fully saturated rings. The molecule has 6 heteroatoms. The van der Waals surface area contributed by atoms with Crippen LogP contribution >= 0.6 is 12.4 Å². The number of hydrogen-bond acceptors (Lipinski definition) is 4. The lowest BCUT2D eigenvalue weighted by atomic mass is 9.78. The van der Waals surface area contributed by atoms with Crippen LogP contribution in [0.3, 0.4) is 0 Å². The predicted molar refractivity (Wildman–Crippen MR) is 100 cm³/mol. The number of methoxy groups -OCH3 is 1. The van der Waals surface area contributed by atoms with Gasteiger partial charge in [0.1, 0.15) is 11.9 Å². The molecule has 1 unspecified atom stereocenters. The summed E-state index contributed by atoms with van der Waals surface area (Å²) >= 11 is 0. The first kappa shape index (κ1) is 20.0. The monoisotopic (exact) mass is 368 g/mol. The molecule has 2 saturated heterocycles. The summed E-state index contributed by atoms with van der Waals surface area (Å²) in [6, 6.07) is 7.76. The molecule has 0 aromatic heterocycles. The number of hydrogen-bond donors (Lipinski definition) is 1. The summed E-state index contributed by atoms with van der Waals surface area (Å²) in [7, 11) is 1.65. The lowest BCUT2D eigenvalue weighted by Gasteiger charge is -2.39. The number of amides is 1. The number of rotatable bonds is 5. The molecule has 25 heavy (non-hydrogen) atoms. The van der Waals surface area contributed by atoms with Crippen LogP contribution in [0.15, 0.2) is 24.3 Å². The topological polar surface area (TPSA) is 50.8 Å². The average Bonchev–Trinajstić information content (AvgIpc) is 3.08. The van der Waals surface area contributed by atoms with E-state index in [0.29, 0.717) is 12.0 Å². The first-order chi connectivity index (χ1) is 11.6. The van der Waals surface area contributed by atoms with Gasteiger partial charge in [-0.15, -0.1) is 12.4 Å². The second kappa shape index (κ2) is 8.88. The van der Waals surface area contributed by atoms with Gasteiger partial charge in [-0.05, 0) is 55.8 Å². The van der Waals surface area contributed by atoms with Crippen LogP contribution in [-0.2, 0) is 16.1 Å². The third-order valence-electron chi connectivity index (χ3n) is 5.45. The van der Waals surface area contributed by atoms with E-state index < -0.39 is 6.10 Å². The molecule has 2 heterocycles. The number of nitrogens with one attached hydrogen (secondary N) is 1. The van der Waals surface area contributed by atoms with Crippen molar-refractivity contribution in [2.24, 2.45) is 5.41 Å². The van der Waals surface area contributed by atoms with Gasteiger partial charge in [-0.2, -0.15) is 0 Å². The second-order valence-electron chi connectivity index (χ2n) is 7.06. The minimum absolute atomic E-state index is 0. The second-order valence-corrected chi connectivity index (χ2v) is 7.06. The maximum atomic E-state index is 12.6. The largest absolute Gasteiger partial charge is 0.497 e. The van der Waals surface area contributed by atoms with Crippen LogP contribution in [0, 0.1) is 5.41 Å². The van der Waals surface area contributed by atoms with E-state index in [1.165, 1.54) is 6.42 Å². The van der Waals surface area contributed by atoms with Crippen LogP contribution in [0.1, 0.15) is 31.7 Å². The average molecular weight is 369 g/mol. The van der Waals surface area contributed by atoms with Gasteiger partial charge in [0, 0.05) is 19.6 Å². The SMILES string of the molecule is COc1cccc(COC(C)C(=O)N2CCC3(CCNC3)CC2)c1.Cl. The van der Waals surface area contributed by atoms with Gasteiger partial charge in [0.2, 0.25) is 0 Å². The van der Waals surface area contributed by atoms with Crippen molar-refractivity contribution in [3.63, 3.8) is 0 Å². The highest BCUT2D eigenvalue weighted by Crippen LogP contribution is 2.37. The summed E-state index contributed by atoms with van der Waals surface area (Å²) in [4.78, 5) is 14.6. The van der Waals surface area contributed by atoms with Crippen LogP contribution in [0.4, 0.5) is 0 Å². The Labute approximate surface area is 156 Å². The van der Waals surface area contributed by atoms with E-state index in [-0.39, 0.29) is 18.3 Å². The highest BCUT2D eigenvalue weighted by atomic mass is 35.5. The minimum Gasteiger partial charge on any atom is -0.497 e. The van der Waals surface area contributed by atoms with Crippen LogP contribution in [0.2, 0.25) is 0 Å². The van der Waals surface area contributed by atoms with Gasteiger partial charge in [0.05, 0.1) is 13.7 Å². The molecule has 1 aromatic rings. The Kier molecular flexibility index (Phi) is 7.11. The highest BCUT2D eigenvalue weighted by Gasteiger charge is 2.38. The van der Waals surface area contributed by atoms with E-state index in [9.17, 15) is 4.79 Å². The normalized spacial score (nSPS) is 20.2. The number of likely N-dealkylation sites (tertiary alicyclic amines) is 1. The molecule has 3 rings (SSSR count). The molecule has 2 aliphatic heterocycles. The number of benzene rings is 1. The number of halogens is 1. The van der Waals surface area contributed by atoms with E-state index in [4.69, 9.17) is 9.47 Å². The van der Waals surface area contributed by atoms with Crippen molar-refractivity contribution >= 4 is 18.3 Å². The summed E-state index contributed by atoms with van der Waals surface area (Å²) < 4.78 is 11.0. The lowest BCUT2D eigenvalue weighted by molar-refractivity contribution is -0.145. The van der Waals surface area contributed by atoms with Crippen molar-refractivity contribution < 1.29 is 14.3 Å². The quantitative estimate of drug-likeness (QED) is 0.868. The first-order valence-corrected chi connectivity index (χ1v) is 8.86. The summed E-state index contributed by atoms with van der Waals surface area (Å²) in [6.45, 7) is 6.21. The number of carbonyl (C=O) groups excluding carboxylic acids is 1.